The third kappa shape index (κ3) is 5.11. The van der Waals surface area contributed by atoms with Gasteiger partial charge in [-0.25, -0.2) is 4.79 Å². The number of nitro groups is 1. The molecule has 0 spiro atoms. The third-order valence-corrected chi connectivity index (χ3v) is 2.48. The number of nitrogens with zero attached hydrogens (tertiary/aromatic N) is 2. The number of ether oxygens (including phenoxy) is 1. The molecule has 0 radical (unpaired) electrons. The van der Waals surface area contributed by atoms with Crippen molar-refractivity contribution in [3.63, 3.8) is 0 Å². The minimum atomic E-state index is -0.655. The minimum absolute atomic E-state index is 0.0822. The summed E-state index contributed by atoms with van der Waals surface area (Å²) in [6, 6.07) is 3.77. The van der Waals surface area contributed by atoms with Crippen molar-refractivity contribution < 1.29 is 14.5 Å². The molecule has 0 bridgehead atoms. The van der Waals surface area contributed by atoms with Crippen LogP contribution in [0.15, 0.2) is 18.2 Å². The molecule has 0 heterocycles. The zero-order chi connectivity index (χ0) is 14.4. The van der Waals surface area contributed by atoms with E-state index in [4.69, 9.17) is 16.3 Å². The van der Waals surface area contributed by atoms with E-state index in [1.165, 1.54) is 12.1 Å². The van der Waals surface area contributed by atoms with Crippen molar-refractivity contribution in [1.82, 2.24) is 4.90 Å². The Morgan fingerprint density at radius 3 is 2.74 bits per heavy atom. The summed E-state index contributed by atoms with van der Waals surface area (Å²) in [6.07, 6.45) is -0.655. The van der Waals surface area contributed by atoms with Gasteiger partial charge < -0.3 is 9.64 Å². The average Bonchev–Trinajstić information content (AvgIpc) is 2.31. The largest absolute Gasteiger partial charge is 0.448 e. The van der Waals surface area contributed by atoms with Crippen LogP contribution in [-0.4, -0.2) is 43.2 Å². The molecule has 8 heteroatoms. The van der Waals surface area contributed by atoms with Gasteiger partial charge in [0.2, 0.25) is 0 Å². The van der Waals surface area contributed by atoms with E-state index in [0.29, 0.717) is 6.54 Å². The predicted molar refractivity (Wildman–Crippen MR) is 71.6 cm³/mol. The van der Waals surface area contributed by atoms with E-state index in [9.17, 15) is 14.9 Å². The summed E-state index contributed by atoms with van der Waals surface area (Å²) in [5.74, 6) is 0. The fraction of sp³-hybridized carbons (Fsp3) is 0.364. The van der Waals surface area contributed by atoms with Gasteiger partial charge in [0.1, 0.15) is 6.61 Å². The number of benzene rings is 1. The highest BCUT2D eigenvalue weighted by Gasteiger charge is 2.11. The summed E-state index contributed by atoms with van der Waals surface area (Å²) in [6.45, 7) is 0.838. The van der Waals surface area contributed by atoms with E-state index in [0.717, 1.165) is 6.07 Å². The number of nitrogens with one attached hydrogen (secondary N) is 1. The third-order valence-electron chi connectivity index (χ3n) is 2.17. The Labute approximate surface area is 115 Å². The quantitative estimate of drug-likeness (QED) is 0.664. The molecule has 1 N–H and O–H groups in total. The zero-order valence-corrected chi connectivity index (χ0v) is 11.3. The van der Waals surface area contributed by atoms with Crippen LogP contribution in [0.4, 0.5) is 16.2 Å². The summed E-state index contributed by atoms with van der Waals surface area (Å²) in [7, 11) is 3.71. The van der Waals surface area contributed by atoms with E-state index in [1.807, 2.05) is 19.0 Å². The molecule has 1 rings (SSSR count). The van der Waals surface area contributed by atoms with Crippen LogP contribution in [0.2, 0.25) is 5.02 Å². The SMILES string of the molecule is CN(C)CCOC(=O)Nc1ccc([N+](=O)[O-])cc1Cl. The van der Waals surface area contributed by atoms with Gasteiger partial charge in [0.25, 0.3) is 5.69 Å². The lowest BCUT2D eigenvalue weighted by Crippen LogP contribution is -2.22. The molecular formula is C11H14ClN3O4. The van der Waals surface area contributed by atoms with Crippen LogP contribution in [0, 0.1) is 10.1 Å². The number of rotatable bonds is 5. The molecule has 0 atom stereocenters. The monoisotopic (exact) mass is 287 g/mol. The number of anilines is 1. The first-order valence-corrected chi connectivity index (χ1v) is 5.80. The molecule has 7 nitrogen and oxygen atoms in total. The molecule has 0 fully saturated rings. The number of likely N-dealkylation sites (N-methyl/N-ethyl adjacent to an activating group) is 1. The Balaban J connectivity index is 2.57. The van der Waals surface area contributed by atoms with Crippen molar-refractivity contribution >= 4 is 29.1 Å². The molecule has 0 aromatic heterocycles. The first-order valence-electron chi connectivity index (χ1n) is 5.42. The smallest absolute Gasteiger partial charge is 0.411 e. The van der Waals surface area contributed by atoms with Crippen molar-refractivity contribution in [1.29, 1.82) is 0 Å². The fourth-order valence-corrected chi connectivity index (χ4v) is 1.41. The Morgan fingerprint density at radius 2 is 2.21 bits per heavy atom. The molecule has 19 heavy (non-hydrogen) atoms. The topological polar surface area (TPSA) is 84.7 Å². The molecular weight excluding hydrogens is 274 g/mol. The number of hydrogen-bond donors (Lipinski definition) is 1. The first-order chi connectivity index (χ1) is 8.90. The highest BCUT2D eigenvalue weighted by atomic mass is 35.5. The van der Waals surface area contributed by atoms with Crippen LogP contribution in [0.5, 0.6) is 0 Å². The first kappa shape index (κ1) is 15.2. The van der Waals surface area contributed by atoms with Crippen LogP contribution in [0.3, 0.4) is 0 Å². The maximum Gasteiger partial charge on any atom is 0.411 e. The van der Waals surface area contributed by atoms with Gasteiger partial charge in [-0.3, -0.25) is 15.4 Å². The van der Waals surface area contributed by atoms with E-state index in [1.54, 1.807) is 0 Å². The summed E-state index contributed by atoms with van der Waals surface area (Å²) < 4.78 is 4.91. The maximum absolute atomic E-state index is 11.4. The summed E-state index contributed by atoms with van der Waals surface area (Å²) >= 11 is 5.82. The van der Waals surface area contributed by atoms with Crippen LogP contribution < -0.4 is 5.32 Å². The van der Waals surface area contributed by atoms with Gasteiger partial charge in [0, 0.05) is 18.7 Å². The Kier molecular flexibility index (Phi) is 5.53. The minimum Gasteiger partial charge on any atom is -0.448 e. The number of non-ortho nitro benzene ring substituents is 1. The van der Waals surface area contributed by atoms with Crippen molar-refractivity contribution in [2.45, 2.75) is 0 Å². The van der Waals surface area contributed by atoms with E-state index >= 15 is 0 Å². The lowest BCUT2D eigenvalue weighted by atomic mass is 10.3. The Hall–Kier alpha value is -1.86. The fourth-order valence-electron chi connectivity index (χ4n) is 1.19. The Morgan fingerprint density at radius 1 is 1.53 bits per heavy atom. The van der Waals surface area contributed by atoms with Crippen LogP contribution in [0.25, 0.3) is 0 Å². The van der Waals surface area contributed by atoms with Crippen molar-refractivity contribution in [3.05, 3.63) is 33.3 Å². The van der Waals surface area contributed by atoms with Crippen molar-refractivity contribution in [3.8, 4) is 0 Å². The molecule has 0 unspecified atom stereocenters. The molecule has 0 saturated heterocycles. The second kappa shape index (κ2) is 6.91. The zero-order valence-electron chi connectivity index (χ0n) is 10.6. The molecule has 104 valence electrons. The molecule has 0 aliphatic heterocycles. The molecule has 0 aliphatic rings. The van der Waals surface area contributed by atoms with Gasteiger partial charge in [-0.2, -0.15) is 0 Å². The van der Waals surface area contributed by atoms with E-state index < -0.39 is 11.0 Å². The highest BCUT2D eigenvalue weighted by molar-refractivity contribution is 6.33. The van der Waals surface area contributed by atoms with Gasteiger partial charge in [0.15, 0.2) is 0 Å². The predicted octanol–water partition coefficient (Wildman–Crippen LogP) is 2.36. The molecule has 0 aliphatic carbocycles. The van der Waals surface area contributed by atoms with Gasteiger partial charge in [0.05, 0.1) is 15.6 Å². The molecule has 1 amide bonds. The van der Waals surface area contributed by atoms with Gasteiger partial charge >= 0.3 is 6.09 Å². The normalized spacial score (nSPS) is 10.3. The van der Waals surface area contributed by atoms with Gasteiger partial charge in [-0.05, 0) is 20.2 Å². The number of nitro benzene ring substituents is 1. The molecule has 1 aromatic rings. The second-order valence-corrected chi connectivity index (χ2v) is 4.39. The van der Waals surface area contributed by atoms with Gasteiger partial charge in [-0.15, -0.1) is 0 Å². The summed E-state index contributed by atoms with van der Waals surface area (Å²) in [5, 5.41) is 13.0. The number of halogens is 1. The Bertz CT molecular complexity index is 479. The average molecular weight is 288 g/mol. The number of carbonyl (C=O) groups excluding carboxylic acids is 1. The van der Waals surface area contributed by atoms with Crippen LogP contribution in [-0.2, 0) is 4.74 Å². The second-order valence-electron chi connectivity index (χ2n) is 3.99. The summed E-state index contributed by atoms with van der Waals surface area (Å²) in [5.41, 5.74) is 0.124. The van der Waals surface area contributed by atoms with Gasteiger partial charge in [-0.1, -0.05) is 11.6 Å². The van der Waals surface area contributed by atoms with Crippen LogP contribution >= 0.6 is 11.6 Å². The lowest BCUT2D eigenvalue weighted by molar-refractivity contribution is -0.384. The maximum atomic E-state index is 11.4. The van der Waals surface area contributed by atoms with Crippen molar-refractivity contribution in [2.75, 3.05) is 32.6 Å². The molecule has 0 saturated carbocycles. The van der Waals surface area contributed by atoms with E-state index in [-0.39, 0.29) is 23.0 Å². The standard InChI is InChI=1S/C11H14ClN3O4/c1-14(2)5-6-19-11(16)13-10-4-3-8(15(17)18)7-9(10)12/h3-4,7H,5-6H2,1-2H3,(H,13,16). The number of hydrogen-bond acceptors (Lipinski definition) is 5. The van der Waals surface area contributed by atoms with E-state index in [2.05, 4.69) is 5.32 Å². The van der Waals surface area contributed by atoms with Crippen LogP contribution in [0.1, 0.15) is 0 Å². The summed E-state index contributed by atoms with van der Waals surface area (Å²) in [4.78, 5) is 23.2. The lowest BCUT2D eigenvalue weighted by Gasteiger charge is -2.11. The highest BCUT2D eigenvalue weighted by Crippen LogP contribution is 2.26. The van der Waals surface area contributed by atoms with Crippen molar-refractivity contribution in [2.24, 2.45) is 0 Å². The molecule has 1 aromatic carbocycles. The number of amides is 1. The number of carbonyl (C=O) groups is 1.